The molecular formula is C16H19N5O2. The maximum atomic E-state index is 11.8. The lowest BCUT2D eigenvalue weighted by Crippen LogP contribution is -2.24. The maximum Gasteiger partial charge on any atom is 0.414 e. The number of para-hydroxylation sites is 2. The number of amides is 1. The first-order chi connectivity index (χ1) is 11.1. The molecule has 120 valence electrons. The largest absolute Gasteiger partial charge is 0.447 e. The summed E-state index contributed by atoms with van der Waals surface area (Å²) in [5.74, 6) is 1.33. The van der Waals surface area contributed by atoms with Crippen molar-refractivity contribution in [2.24, 2.45) is 0 Å². The molecule has 1 N–H and O–H groups in total. The van der Waals surface area contributed by atoms with Crippen LogP contribution in [0.15, 0.2) is 30.5 Å². The Morgan fingerprint density at radius 2 is 2.09 bits per heavy atom. The molecule has 1 fully saturated rings. The summed E-state index contributed by atoms with van der Waals surface area (Å²) in [4.78, 5) is 24.2. The Labute approximate surface area is 134 Å². The first-order valence-electron chi connectivity index (χ1n) is 7.37. The van der Waals surface area contributed by atoms with Crippen LogP contribution < -0.4 is 15.1 Å². The normalized spacial score (nSPS) is 13.9. The quantitative estimate of drug-likeness (QED) is 0.935. The average molecular weight is 313 g/mol. The number of nitrogens with one attached hydrogen (secondary N) is 1. The number of rotatable bonds is 4. The number of nitrogens with zero attached hydrogens (tertiary/aromatic N) is 4. The van der Waals surface area contributed by atoms with Crippen molar-refractivity contribution in [3.05, 3.63) is 36.0 Å². The molecule has 2 heterocycles. The second-order valence-corrected chi connectivity index (χ2v) is 5.50. The number of carbonyl (C=O) groups excluding carboxylic acids is 1. The van der Waals surface area contributed by atoms with Gasteiger partial charge in [-0.05, 0) is 19.1 Å². The van der Waals surface area contributed by atoms with Crippen molar-refractivity contribution in [2.75, 3.05) is 42.4 Å². The Hall–Kier alpha value is -2.83. The van der Waals surface area contributed by atoms with E-state index in [0.29, 0.717) is 19.1 Å². The van der Waals surface area contributed by atoms with E-state index in [-0.39, 0.29) is 6.09 Å². The summed E-state index contributed by atoms with van der Waals surface area (Å²) >= 11 is 0. The van der Waals surface area contributed by atoms with Crippen molar-refractivity contribution in [3.63, 3.8) is 0 Å². The van der Waals surface area contributed by atoms with Gasteiger partial charge in [-0.15, -0.1) is 0 Å². The zero-order valence-electron chi connectivity index (χ0n) is 13.4. The number of aromatic nitrogens is 2. The maximum absolute atomic E-state index is 11.8. The Bertz CT molecular complexity index is 732. The standard InChI is InChI=1S/C16H19N5O2/c1-11-10-17-15(19-14(11)20(2)3)18-12-6-4-5-7-13(12)21-8-9-23-16(21)22/h4-7,10H,8-9H2,1-3H3,(H,17,18,19). The third-order valence-electron chi connectivity index (χ3n) is 3.57. The minimum atomic E-state index is -0.335. The van der Waals surface area contributed by atoms with E-state index in [2.05, 4.69) is 15.3 Å². The Morgan fingerprint density at radius 1 is 1.30 bits per heavy atom. The second kappa shape index (κ2) is 6.12. The molecule has 3 rings (SSSR count). The molecule has 1 aliphatic heterocycles. The summed E-state index contributed by atoms with van der Waals surface area (Å²) in [5, 5.41) is 3.19. The molecule has 0 saturated carbocycles. The summed E-state index contributed by atoms with van der Waals surface area (Å²) in [5.41, 5.74) is 2.52. The predicted octanol–water partition coefficient (Wildman–Crippen LogP) is 2.55. The van der Waals surface area contributed by atoms with Crippen LogP contribution in [0.2, 0.25) is 0 Å². The molecule has 1 aromatic carbocycles. The topological polar surface area (TPSA) is 70.6 Å². The van der Waals surface area contributed by atoms with Crippen LogP contribution in [0.5, 0.6) is 0 Å². The molecule has 0 unspecified atom stereocenters. The number of aryl methyl sites for hydroxylation is 1. The van der Waals surface area contributed by atoms with Crippen LogP contribution in [-0.2, 0) is 4.74 Å². The van der Waals surface area contributed by atoms with Crippen molar-refractivity contribution in [3.8, 4) is 0 Å². The molecule has 1 aromatic heterocycles. The first kappa shape index (κ1) is 15.1. The first-order valence-corrected chi connectivity index (χ1v) is 7.37. The molecule has 1 aliphatic rings. The summed E-state index contributed by atoms with van der Waals surface area (Å²) in [6, 6.07) is 7.54. The van der Waals surface area contributed by atoms with Gasteiger partial charge in [-0.2, -0.15) is 4.98 Å². The Kier molecular flexibility index (Phi) is 4.01. The van der Waals surface area contributed by atoms with Gasteiger partial charge in [0, 0.05) is 25.9 Å². The van der Waals surface area contributed by atoms with E-state index in [1.807, 2.05) is 50.2 Å². The fraction of sp³-hybridized carbons (Fsp3) is 0.312. The van der Waals surface area contributed by atoms with Crippen LogP contribution in [0.4, 0.5) is 27.9 Å². The number of cyclic esters (lactones) is 1. The lowest BCUT2D eigenvalue weighted by molar-refractivity contribution is 0.181. The zero-order chi connectivity index (χ0) is 16.4. The highest BCUT2D eigenvalue weighted by Crippen LogP contribution is 2.30. The van der Waals surface area contributed by atoms with E-state index in [1.165, 1.54) is 0 Å². The highest BCUT2D eigenvalue weighted by atomic mass is 16.6. The molecule has 23 heavy (non-hydrogen) atoms. The van der Waals surface area contributed by atoms with Crippen LogP contribution in [0.25, 0.3) is 0 Å². The van der Waals surface area contributed by atoms with Gasteiger partial charge in [-0.3, -0.25) is 4.90 Å². The summed E-state index contributed by atoms with van der Waals surface area (Å²) in [6.45, 7) is 2.90. The van der Waals surface area contributed by atoms with E-state index in [0.717, 1.165) is 22.8 Å². The highest BCUT2D eigenvalue weighted by molar-refractivity contribution is 5.94. The van der Waals surface area contributed by atoms with Crippen molar-refractivity contribution < 1.29 is 9.53 Å². The third kappa shape index (κ3) is 3.03. The molecule has 1 amide bonds. The SMILES string of the molecule is Cc1cnc(Nc2ccccc2N2CCOC2=O)nc1N(C)C. The molecule has 7 nitrogen and oxygen atoms in total. The minimum Gasteiger partial charge on any atom is -0.447 e. The summed E-state index contributed by atoms with van der Waals surface area (Å²) in [6.07, 6.45) is 1.44. The van der Waals surface area contributed by atoms with Gasteiger partial charge in [0.1, 0.15) is 12.4 Å². The lowest BCUT2D eigenvalue weighted by Gasteiger charge is -2.19. The number of hydrogen-bond acceptors (Lipinski definition) is 6. The van der Waals surface area contributed by atoms with Gasteiger partial charge in [-0.1, -0.05) is 12.1 Å². The fourth-order valence-corrected chi connectivity index (χ4v) is 2.49. The van der Waals surface area contributed by atoms with Crippen molar-refractivity contribution in [2.45, 2.75) is 6.92 Å². The van der Waals surface area contributed by atoms with E-state index in [1.54, 1.807) is 11.1 Å². The third-order valence-corrected chi connectivity index (χ3v) is 3.57. The van der Waals surface area contributed by atoms with E-state index in [9.17, 15) is 4.79 Å². The van der Waals surface area contributed by atoms with Crippen LogP contribution in [0, 0.1) is 6.92 Å². The van der Waals surface area contributed by atoms with Crippen LogP contribution in [0.1, 0.15) is 5.56 Å². The van der Waals surface area contributed by atoms with Gasteiger partial charge >= 0.3 is 6.09 Å². The zero-order valence-corrected chi connectivity index (χ0v) is 13.4. The fourth-order valence-electron chi connectivity index (χ4n) is 2.49. The molecule has 0 aliphatic carbocycles. The molecule has 1 saturated heterocycles. The van der Waals surface area contributed by atoms with Crippen molar-refractivity contribution >= 4 is 29.2 Å². The van der Waals surface area contributed by atoms with Gasteiger partial charge in [-0.25, -0.2) is 9.78 Å². The Morgan fingerprint density at radius 3 is 2.78 bits per heavy atom. The number of benzene rings is 1. The molecule has 0 atom stereocenters. The van der Waals surface area contributed by atoms with E-state index in [4.69, 9.17) is 4.74 Å². The summed E-state index contributed by atoms with van der Waals surface area (Å²) < 4.78 is 5.01. The van der Waals surface area contributed by atoms with E-state index >= 15 is 0 Å². The molecule has 0 radical (unpaired) electrons. The van der Waals surface area contributed by atoms with E-state index < -0.39 is 0 Å². The smallest absolute Gasteiger partial charge is 0.414 e. The van der Waals surface area contributed by atoms with Gasteiger partial charge in [0.25, 0.3) is 0 Å². The number of anilines is 4. The second-order valence-electron chi connectivity index (χ2n) is 5.50. The van der Waals surface area contributed by atoms with Crippen molar-refractivity contribution in [1.29, 1.82) is 0 Å². The van der Waals surface area contributed by atoms with Gasteiger partial charge < -0.3 is 15.0 Å². The average Bonchev–Trinajstić information content (AvgIpc) is 2.95. The molecule has 0 spiro atoms. The number of carbonyl (C=O) groups is 1. The molecular weight excluding hydrogens is 294 g/mol. The van der Waals surface area contributed by atoms with Gasteiger partial charge in [0.2, 0.25) is 5.95 Å². The molecule has 0 bridgehead atoms. The monoisotopic (exact) mass is 313 g/mol. The summed E-state index contributed by atoms with van der Waals surface area (Å²) in [7, 11) is 3.88. The van der Waals surface area contributed by atoms with Gasteiger partial charge in [0.15, 0.2) is 0 Å². The highest BCUT2D eigenvalue weighted by Gasteiger charge is 2.25. The molecule has 2 aromatic rings. The minimum absolute atomic E-state index is 0.335. The Balaban J connectivity index is 1.92. The van der Waals surface area contributed by atoms with Crippen LogP contribution in [0.3, 0.4) is 0 Å². The molecule has 7 heteroatoms. The number of ether oxygens (including phenoxy) is 1. The predicted molar refractivity (Wildman–Crippen MR) is 89.5 cm³/mol. The lowest BCUT2D eigenvalue weighted by atomic mass is 10.2. The van der Waals surface area contributed by atoms with Crippen LogP contribution in [-0.4, -0.2) is 43.3 Å². The van der Waals surface area contributed by atoms with Crippen molar-refractivity contribution in [1.82, 2.24) is 9.97 Å². The van der Waals surface area contributed by atoms with Gasteiger partial charge in [0.05, 0.1) is 17.9 Å². The van der Waals surface area contributed by atoms with Crippen LogP contribution >= 0.6 is 0 Å². The number of hydrogen-bond donors (Lipinski definition) is 1.